The molecule has 0 aliphatic rings. The summed E-state index contributed by atoms with van der Waals surface area (Å²) in [6, 6.07) is 17.3. The number of fused-ring (bicyclic) bond motifs is 1. The molecule has 140 valence electrons. The molecule has 1 N–H and O–H groups in total. The molecule has 0 radical (unpaired) electrons. The van der Waals surface area contributed by atoms with Crippen molar-refractivity contribution in [2.75, 3.05) is 12.4 Å². The Morgan fingerprint density at radius 1 is 1.04 bits per heavy atom. The van der Waals surface area contributed by atoms with Crippen molar-refractivity contribution in [3.8, 4) is 17.0 Å². The number of amides is 1. The summed E-state index contributed by atoms with van der Waals surface area (Å²) in [4.78, 5) is 17.4. The fourth-order valence-electron chi connectivity index (χ4n) is 3.34. The zero-order chi connectivity index (χ0) is 19.7. The molecule has 0 fully saturated rings. The molecule has 0 bridgehead atoms. The molecule has 0 aliphatic heterocycles. The first-order valence-corrected chi connectivity index (χ1v) is 9.05. The second kappa shape index (κ2) is 7.19. The van der Waals surface area contributed by atoms with E-state index in [0.717, 1.165) is 28.0 Å². The summed E-state index contributed by atoms with van der Waals surface area (Å²) in [7, 11) is 1.59. The molecule has 5 nitrogen and oxygen atoms in total. The summed E-state index contributed by atoms with van der Waals surface area (Å²) >= 11 is 0. The van der Waals surface area contributed by atoms with E-state index in [-0.39, 0.29) is 5.91 Å². The lowest BCUT2D eigenvalue weighted by Crippen LogP contribution is -2.13. The number of hydrogen-bond acceptors (Lipinski definition) is 3. The van der Waals surface area contributed by atoms with Crippen molar-refractivity contribution in [1.29, 1.82) is 0 Å². The van der Waals surface area contributed by atoms with Crippen molar-refractivity contribution in [2.24, 2.45) is 0 Å². The summed E-state index contributed by atoms with van der Waals surface area (Å²) in [5, 5.41) is 2.98. The third-order valence-electron chi connectivity index (χ3n) is 4.59. The van der Waals surface area contributed by atoms with E-state index in [4.69, 9.17) is 4.74 Å². The van der Waals surface area contributed by atoms with E-state index in [0.29, 0.717) is 17.0 Å². The molecule has 4 rings (SSSR count). The Morgan fingerprint density at radius 3 is 2.54 bits per heavy atom. The maximum atomic E-state index is 12.8. The molecule has 0 saturated heterocycles. The molecule has 1 amide bonds. The first-order valence-electron chi connectivity index (χ1n) is 9.05. The van der Waals surface area contributed by atoms with Gasteiger partial charge in [0.25, 0.3) is 5.91 Å². The normalized spacial score (nSPS) is 10.8. The maximum Gasteiger partial charge on any atom is 0.255 e. The summed E-state index contributed by atoms with van der Waals surface area (Å²) in [6.45, 7) is 3.96. The van der Waals surface area contributed by atoms with Crippen LogP contribution in [0.1, 0.15) is 21.5 Å². The Balaban J connectivity index is 1.69. The van der Waals surface area contributed by atoms with Crippen LogP contribution in [0, 0.1) is 13.8 Å². The zero-order valence-corrected chi connectivity index (χ0v) is 16.1. The van der Waals surface area contributed by atoms with Gasteiger partial charge in [-0.2, -0.15) is 0 Å². The number of pyridine rings is 1. The van der Waals surface area contributed by atoms with Gasteiger partial charge in [-0.3, -0.25) is 4.79 Å². The van der Waals surface area contributed by atoms with Crippen molar-refractivity contribution in [3.63, 3.8) is 0 Å². The molecule has 5 heteroatoms. The molecule has 2 heterocycles. The lowest BCUT2D eigenvalue weighted by atomic mass is 10.1. The van der Waals surface area contributed by atoms with Gasteiger partial charge in [0.2, 0.25) is 0 Å². The highest BCUT2D eigenvalue weighted by molar-refractivity contribution is 6.05. The first-order chi connectivity index (χ1) is 13.5. The van der Waals surface area contributed by atoms with E-state index in [1.165, 1.54) is 0 Å². The molecule has 4 aromatic rings. The minimum absolute atomic E-state index is 0.169. The summed E-state index contributed by atoms with van der Waals surface area (Å²) in [5.74, 6) is 0.433. The first kappa shape index (κ1) is 17.8. The second-order valence-corrected chi connectivity index (χ2v) is 6.84. The number of methoxy groups -OCH3 is 1. The minimum atomic E-state index is -0.169. The Kier molecular flexibility index (Phi) is 4.57. The van der Waals surface area contributed by atoms with Gasteiger partial charge in [-0.15, -0.1) is 0 Å². The Labute approximate surface area is 163 Å². The molecule has 28 heavy (non-hydrogen) atoms. The van der Waals surface area contributed by atoms with Crippen LogP contribution in [-0.4, -0.2) is 22.4 Å². The number of ether oxygens (including phenoxy) is 1. The van der Waals surface area contributed by atoms with Crippen molar-refractivity contribution in [3.05, 3.63) is 83.7 Å². The molecule has 2 aromatic carbocycles. The highest BCUT2D eigenvalue weighted by Crippen LogP contribution is 2.31. The lowest BCUT2D eigenvalue weighted by Gasteiger charge is -2.12. The zero-order valence-electron chi connectivity index (χ0n) is 16.1. The molecule has 0 saturated carbocycles. The van der Waals surface area contributed by atoms with Crippen LogP contribution in [0.4, 0.5) is 5.69 Å². The van der Waals surface area contributed by atoms with Crippen molar-refractivity contribution in [2.45, 2.75) is 13.8 Å². The topological polar surface area (TPSA) is 55.6 Å². The van der Waals surface area contributed by atoms with Crippen LogP contribution < -0.4 is 10.1 Å². The molecule has 0 atom stereocenters. The molecule has 2 aromatic heterocycles. The minimum Gasteiger partial charge on any atom is -0.495 e. The van der Waals surface area contributed by atoms with E-state index in [1.54, 1.807) is 7.11 Å². The number of aromatic nitrogens is 2. The van der Waals surface area contributed by atoms with E-state index in [9.17, 15) is 4.79 Å². The number of imidazole rings is 1. The van der Waals surface area contributed by atoms with Crippen LogP contribution in [0.3, 0.4) is 0 Å². The second-order valence-electron chi connectivity index (χ2n) is 6.84. The maximum absolute atomic E-state index is 12.8. The summed E-state index contributed by atoms with van der Waals surface area (Å²) in [5.41, 5.74) is 5.94. The Bertz CT molecular complexity index is 1120. The number of rotatable bonds is 4. The van der Waals surface area contributed by atoms with Gasteiger partial charge in [0, 0.05) is 23.5 Å². The predicted molar refractivity (Wildman–Crippen MR) is 111 cm³/mol. The highest BCUT2D eigenvalue weighted by atomic mass is 16.5. The van der Waals surface area contributed by atoms with Gasteiger partial charge in [0.05, 0.1) is 18.5 Å². The average Bonchev–Trinajstić information content (AvgIpc) is 3.11. The number of carbonyl (C=O) groups excluding carboxylic acids is 1. The number of nitrogens with one attached hydrogen (secondary N) is 1. The van der Waals surface area contributed by atoms with Crippen LogP contribution in [0.2, 0.25) is 0 Å². The SMILES string of the molecule is COc1ccc(-c2cn3ccccc3n2)cc1NC(=O)c1cc(C)cc(C)c1. The van der Waals surface area contributed by atoms with Crippen molar-refractivity contribution in [1.82, 2.24) is 9.38 Å². The van der Waals surface area contributed by atoms with E-state index in [1.807, 2.05) is 85.2 Å². The fraction of sp³-hybridized carbons (Fsp3) is 0.130. The number of aryl methyl sites for hydroxylation is 2. The molecule has 0 unspecified atom stereocenters. The number of carbonyl (C=O) groups is 1. The number of nitrogens with zero attached hydrogens (tertiary/aromatic N) is 2. The van der Waals surface area contributed by atoms with Crippen molar-refractivity contribution < 1.29 is 9.53 Å². The number of benzene rings is 2. The highest BCUT2D eigenvalue weighted by Gasteiger charge is 2.13. The van der Waals surface area contributed by atoms with Gasteiger partial charge in [-0.05, 0) is 56.3 Å². The Hall–Kier alpha value is -3.60. The van der Waals surface area contributed by atoms with Crippen LogP contribution in [0.5, 0.6) is 5.75 Å². The van der Waals surface area contributed by atoms with E-state index < -0.39 is 0 Å². The largest absolute Gasteiger partial charge is 0.495 e. The van der Waals surface area contributed by atoms with Gasteiger partial charge in [0.1, 0.15) is 11.4 Å². The quantitative estimate of drug-likeness (QED) is 0.556. The fourth-order valence-corrected chi connectivity index (χ4v) is 3.34. The third kappa shape index (κ3) is 3.47. The van der Waals surface area contributed by atoms with E-state index in [2.05, 4.69) is 10.3 Å². The molecular formula is C23H21N3O2. The monoisotopic (exact) mass is 371 g/mol. The average molecular weight is 371 g/mol. The van der Waals surface area contributed by atoms with Gasteiger partial charge in [0.15, 0.2) is 0 Å². The van der Waals surface area contributed by atoms with E-state index >= 15 is 0 Å². The number of hydrogen-bond donors (Lipinski definition) is 1. The third-order valence-corrected chi connectivity index (χ3v) is 4.59. The summed E-state index contributed by atoms with van der Waals surface area (Å²) in [6.07, 6.45) is 3.92. The lowest BCUT2D eigenvalue weighted by molar-refractivity contribution is 0.102. The van der Waals surface area contributed by atoms with Gasteiger partial charge in [-0.25, -0.2) is 4.98 Å². The van der Waals surface area contributed by atoms with Gasteiger partial charge in [-0.1, -0.05) is 23.3 Å². The smallest absolute Gasteiger partial charge is 0.255 e. The molecule has 0 spiro atoms. The standard InChI is InChI=1S/C23H21N3O2/c1-15-10-16(2)12-18(11-15)23(27)25-19-13-17(7-8-21(19)28-3)20-14-26-9-5-4-6-22(26)24-20/h4-14H,1-3H3,(H,25,27). The van der Waals surface area contributed by atoms with Crippen LogP contribution in [0.25, 0.3) is 16.9 Å². The molecule has 0 aliphatic carbocycles. The molecular weight excluding hydrogens is 350 g/mol. The van der Waals surface area contributed by atoms with Crippen LogP contribution >= 0.6 is 0 Å². The van der Waals surface area contributed by atoms with Gasteiger partial charge >= 0.3 is 0 Å². The number of anilines is 1. The van der Waals surface area contributed by atoms with Crippen molar-refractivity contribution >= 4 is 17.2 Å². The predicted octanol–water partition coefficient (Wildman–Crippen LogP) is 4.88. The van der Waals surface area contributed by atoms with Gasteiger partial charge < -0.3 is 14.5 Å². The summed E-state index contributed by atoms with van der Waals surface area (Å²) < 4.78 is 7.40. The van der Waals surface area contributed by atoms with Crippen LogP contribution in [0.15, 0.2) is 67.0 Å². The van der Waals surface area contributed by atoms with Crippen LogP contribution in [-0.2, 0) is 0 Å². The Morgan fingerprint density at radius 2 is 1.82 bits per heavy atom.